The van der Waals surface area contributed by atoms with Crippen LogP contribution >= 0.6 is 0 Å². The third-order valence-corrected chi connectivity index (χ3v) is 3.41. The van der Waals surface area contributed by atoms with Gasteiger partial charge in [-0.2, -0.15) is 8.78 Å². The second-order valence-corrected chi connectivity index (χ2v) is 5.19. The Bertz CT molecular complexity index is 846. The molecule has 0 saturated heterocycles. The number of alkyl halides is 2. The van der Waals surface area contributed by atoms with Gasteiger partial charge in [-0.25, -0.2) is 4.98 Å². The number of nitrogens with zero attached hydrogens (tertiary/aromatic N) is 2. The van der Waals surface area contributed by atoms with Crippen LogP contribution in [0.25, 0.3) is 11.5 Å². The maximum Gasteiger partial charge on any atom is 0.387 e. The predicted octanol–water partition coefficient (Wildman–Crippen LogP) is 3.81. The average molecular weight is 348 g/mol. The second-order valence-electron chi connectivity index (χ2n) is 5.19. The maximum atomic E-state index is 12.6. The molecule has 0 unspecified atom stereocenters. The van der Waals surface area contributed by atoms with E-state index in [0.717, 1.165) is 6.39 Å². The standard InChI is InChI=1S/C17H14F2N2O4/c1-21(9-11-4-2-5-12(8-11)25-17(18)19)16(22)14-15(24-10-20-14)13-6-3-7-23-13/h2-8,10,17H,9H2,1H3. The molecule has 0 radical (unpaired) electrons. The van der Waals surface area contributed by atoms with E-state index < -0.39 is 6.61 Å². The Kier molecular flexibility index (Phi) is 4.78. The highest BCUT2D eigenvalue weighted by Gasteiger charge is 2.23. The van der Waals surface area contributed by atoms with Crippen LogP contribution in [0.4, 0.5) is 8.78 Å². The van der Waals surface area contributed by atoms with E-state index in [-0.39, 0.29) is 29.7 Å². The number of carbonyl (C=O) groups is 1. The molecule has 0 saturated carbocycles. The van der Waals surface area contributed by atoms with Crippen LogP contribution in [0.5, 0.6) is 5.75 Å². The number of rotatable bonds is 6. The molecule has 0 spiro atoms. The van der Waals surface area contributed by atoms with Crippen molar-refractivity contribution in [3.05, 3.63) is 60.3 Å². The highest BCUT2D eigenvalue weighted by molar-refractivity contribution is 5.96. The van der Waals surface area contributed by atoms with Crippen LogP contribution < -0.4 is 4.74 Å². The van der Waals surface area contributed by atoms with Crippen molar-refractivity contribution in [1.29, 1.82) is 0 Å². The molecule has 2 heterocycles. The van der Waals surface area contributed by atoms with Crippen molar-refractivity contribution >= 4 is 5.91 Å². The molecular weight excluding hydrogens is 334 g/mol. The van der Waals surface area contributed by atoms with Crippen molar-refractivity contribution in [2.45, 2.75) is 13.2 Å². The Balaban J connectivity index is 1.75. The van der Waals surface area contributed by atoms with Crippen molar-refractivity contribution in [2.24, 2.45) is 0 Å². The quantitative estimate of drug-likeness (QED) is 0.678. The van der Waals surface area contributed by atoms with Gasteiger partial charge in [0.15, 0.2) is 17.8 Å². The number of hydrogen-bond donors (Lipinski definition) is 0. The second kappa shape index (κ2) is 7.16. The molecule has 1 amide bonds. The average Bonchev–Trinajstić information content (AvgIpc) is 3.24. The predicted molar refractivity (Wildman–Crippen MR) is 83.1 cm³/mol. The summed E-state index contributed by atoms with van der Waals surface area (Å²) < 4.78 is 39.4. The van der Waals surface area contributed by atoms with Crippen molar-refractivity contribution in [3.8, 4) is 17.3 Å². The normalized spacial score (nSPS) is 10.9. The molecule has 0 aliphatic heterocycles. The van der Waals surface area contributed by atoms with E-state index in [1.54, 1.807) is 31.3 Å². The molecule has 0 aliphatic rings. The number of amides is 1. The fourth-order valence-electron chi connectivity index (χ4n) is 2.33. The summed E-state index contributed by atoms with van der Waals surface area (Å²) in [4.78, 5) is 17.9. The Morgan fingerprint density at radius 3 is 2.84 bits per heavy atom. The van der Waals surface area contributed by atoms with E-state index in [1.165, 1.54) is 23.3 Å². The van der Waals surface area contributed by atoms with Gasteiger partial charge < -0.3 is 18.5 Å². The van der Waals surface area contributed by atoms with E-state index in [0.29, 0.717) is 11.3 Å². The van der Waals surface area contributed by atoms with E-state index in [2.05, 4.69) is 9.72 Å². The Hall–Kier alpha value is -3.16. The summed E-state index contributed by atoms with van der Waals surface area (Å²) in [5, 5.41) is 0. The minimum atomic E-state index is -2.90. The molecule has 0 aliphatic carbocycles. The molecule has 0 N–H and O–H groups in total. The lowest BCUT2D eigenvalue weighted by atomic mass is 10.2. The monoisotopic (exact) mass is 348 g/mol. The van der Waals surface area contributed by atoms with Gasteiger partial charge in [0.2, 0.25) is 5.76 Å². The number of ether oxygens (including phenoxy) is 1. The van der Waals surface area contributed by atoms with Crippen LogP contribution in [0.1, 0.15) is 16.1 Å². The molecule has 3 rings (SSSR count). The van der Waals surface area contributed by atoms with Crippen LogP contribution in [-0.2, 0) is 6.54 Å². The third kappa shape index (κ3) is 3.85. The maximum absolute atomic E-state index is 12.6. The smallest absolute Gasteiger partial charge is 0.387 e. The van der Waals surface area contributed by atoms with Gasteiger partial charge in [-0.3, -0.25) is 4.79 Å². The highest BCUT2D eigenvalue weighted by atomic mass is 19.3. The molecule has 0 atom stereocenters. The first-order chi connectivity index (χ1) is 12.0. The highest BCUT2D eigenvalue weighted by Crippen LogP contribution is 2.25. The summed E-state index contributed by atoms with van der Waals surface area (Å²) >= 11 is 0. The van der Waals surface area contributed by atoms with Gasteiger partial charge in [-0.15, -0.1) is 0 Å². The number of carbonyl (C=O) groups excluding carboxylic acids is 1. The summed E-state index contributed by atoms with van der Waals surface area (Å²) in [6, 6.07) is 9.48. The van der Waals surface area contributed by atoms with Crippen LogP contribution in [0, 0.1) is 0 Å². The lowest BCUT2D eigenvalue weighted by Gasteiger charge is -2.17. The Morgan fingerprint density at radius 2 is 2.12 bits per heavy atom. The van der Waals surface area contributed by atoms with Crippen LogP contribution in [0.3, 0.4) is 0 Å². The molecule has 0 fully saturated rings. The largest absolute Gasteiger partial charge is 0.461 e. The minimum absolute atomic E-state index is 0.0334. The number of oxazole rings is 1. The first kappa shape index (κ1) is 16.7. The fourth-order valence-corrected chi connectivity index (χ4v) is 2.33. The topological polar surface area (TPSA) is 68.7 Å². The number of hydrogen-bond acceptors (Lipinski definition) is 5. The summed E-state index contributed by atoms with van der Waals surface area (Å²) in [5.74, 6) is 0.268. The van der Waals surface area contributed by atoms with Gasteiger partial charge in [0.25, 0.3) is 5.91 Å². The first-order valence-corrected chi connectivity index (χ1v) is 7.31. The number of benzene rings is 1. The van der Waals surface area contributed by atoms with Gasteiger partial charge in [0.1, 0.15) is 5.75 Å². The van der Waals surface area contributed by atoms with Crippen LogP contribution in [0.15, 0.2) is 57.9 Å². The lowest BCUT2D eigenvalue weighted by Crippen LogP contribution is -2.27. The van der Waals surface area contributed by atoms with Gasteiger partial charge in [-0.1, -0.05) is 12.1 Å². The Labute approximate surface area is 141 Å². The summed E-state index contributed by atoms with van der Waals surface area (Å²) in [6.07, 6.45) is 2.63. The number of furan rings is 1. The molecule has 130 valence electrons. The molecule has 25 heavy (non-hydrogen) atoms. The van der Waals surface area contributed by atoms with Gasteiger partial charge >= 0.3 is 6.61 Å². The molecule has 1 aromatic carbocycles. The summed E-state index contributed by atoms with van der Waals surface area (Å²) in [7, 11) is 1.57. The van der Waals surface area contributed by atoms with E-state index in [4.69, 9.17) is 8.83 Å². The van der Waals surface area contributed by atoms with Gasteiger partial charge in [0.05, 0.1) is 6.26 Å². The first-order valence-electron chi connectivity index (χ1n) is 7.31. The SMILES string of the molecule is CN(Cc1cccc(OC(F)F)c1)C(=O)c1ncoc1-c1ccco1. The Morgan fingerprint density at radius 1 is 1.28 bits per heavy atom. The molecule has 6 nitrogen and oxygen atoms in total. The van der Waals surface area contributed by atoms with E-state index in [9.17, 15) is 13.6 Å². The molecule has 0 bridgehead atoms. The van der Waals surface area contributed by atoms with Crippen LogP contribution in [-0.4, -0.2) is 29.5 Å². The number of aromatic nitrogens is 1. The molecule has 2 aromatic heterocycles. The van der Waals surface area contributed by atoms with E-state index >= 15 is 0 Å². The van der Waals surface area contributed by atoms with Crippen molar-refractivity contribution in [1.82, 2.24) is 9.88 Å². The van der Waals surface area contributed by atoms with Crippen molar-refractivity contribution in [3.63, 3.8) is 0 Å². The summed E-state index contributed by atoms with van der Waals surface area (Å²) in [6.45, 7) is -2.72. The third-order valence-electron chi connectivity index (χ3n) is 3.41. The summed E-state index contributed by atoms with van der Waals surface area (Å²) in [5.41, 5.74) is 0.745. The zero-order chi connectivity index (χ0) is 17.8. The molecule has 8 heteroatoms. The van der Waals surface area contributed by atoms with Crippen LogP contribution in [0.2, 0.25) is 0 Å². The van der Waals surface area contributed by atoms with Crippen molar-refractivity contribution < 1.29 is 27.1 Å². The van der Waals surface area contributed by atoms with E-state index in [1.807, 2.05) is 0 Å². The number of halogens is 2. The molecular formula is C17H14F2N2O4. The zero-order valence-electron chi connectivity index (χ0n) is 13.2. The zero-order valence-corrected chi connectivity index (χ0v) is 13.2. The minimum Gasteiger partial charge on any atom is -0.461 e. The molecule has 3 aromatic rings. The lowest BCUT2D eigenvalue weighted by molar-refractivity contribution is -0.0499. The fraction of sp³-hybridized carbons (Fsp3) is 0.176. The van der Waals surface area contributed by atoms with Gasteiger partial charge in [-0.05, 0) is 29.8 Å². The van der Waals surface area contributed by atoms with Crippen molar-refractivity contribution in [2.75, 3.05) is 7.05 Å². The van der Waals surface area contributed by atoms with Gasteiger partial charge in [0, 0.05) is 13.6 Å².